The molecule has 15 aromatic rings. The summed E-state index contributed by atoms with van der Waals surface area (Å²) in [4.78, 5) is 52.7. The molecule has 18 rings (SSSR count). The van der Waals surface area contributed by atoms with Crippen LogP contribution in [0.4, 0.5) is 45.5 Å². The van der Waals surface area contributed by atoms with Gasteiger partial charge < -0.3 is 55.3 Å². The van der Waals surface area contributed by atoms with E-state index >= 15 is 0 Å². The number of hydrogen-bond acceptors (Lipinski definition) is 21. The zero-order valence-corrected chi connectivity index (χ0v) is 81.5. The molecule has 143 heavy (non-hydrogen) atoms. The van der Waals surface area contributed by atoms with Crippen LogP contribution in [0.15, 0.2) is 356 Å². The summed E-state index contributed by atoms with van der Waals surface area (Å²) in [6, 6.07) is 101. The first-order valence-corrected chi connectivity index (χ1v) is 47.3. The molecule has 0 radical (unpaired) electrons. The van der Waals surface area contributed by atoms with E-state index < -0.39 is 10.3 Å². The summed E-state index contributed by atoms with van der Waals surface area (Å²) in [5.74, 6) is 3.75. The number of aryl methyl sites for hydroxylation is 2. The third kappa shape index (κ3) is 31.3. The molecular weight excluding hydrogens is 1790 g/mol. The summed E-state index contributed by atoms with van der Waals surface area (Å²) < 4.78 is 15.6. The van der Waals surface area contributed by atoms with E-state index in [0.29, 0.717) is 96.9 Å². The minimum atomic E-state index is -0.464. The van der Waals surface area contributed by atoms with E-state index in [0.717, 1.165) is 74.3 Å². The molecule has 1 saturated carbocycles. The fraction of sp³-hybridized carbons (Fsp3) is 0.192. The summed E-state index contributed by atoms with van der Waals surface area (Å²) in [7, 11) is 1.61. The summed E-state index contributed by atoms with van der Waals surface area (Å²) in [5.41, 5.74) is 17.8. The fourth-order valence-corrected chi connectivity index (χ4v) is 15.6. The molecule has 0 bridgehead atoms. The van der Waals surface area contributed by atoms with Crippen molar-refractivity contribution >= 4 is 106 Å². The Bertz CT molecular complexity index is 7050. The molecule has 0 aromatic heterocycles. The lowest BCUT2D eigenvalue weighted by Crippen LogP contribution is -2.12. The highest BCUT2D eigenvalue weighted by Crippen LogP contribution is 2.41. The highest BCUT2D eigenvalue weighted by Gasteiger charge is 2.25. The molecule has 1 aliphatic heterocycles. The van der Waals surface area contributed by atoms with E-state index in [1.165, 1.54) is 111 Å². The van der Waals surface area contributed by atoms with E-state index in [4.69, 9.17) is 24.5 Å². The number of nitrogens with one attached hydrogen (secondary N) is 1. The molecule has 1 amide bonds. The monoisotopic (exact) mass is 1910 g/mol. The average Bonchev–Trinajstić information content (AvgIpc) is 1.09. The maximum atomic E-state index is 11.1. The van der Waals surface area contributed by atoms with Crippen LogP contribution in [0.2, 0.25) is 0 Å². The molecule has 23 nitrogen and oxygen atoms in total. The number of nitriles is 1. The molecule has 1 heterocycles. The van der Waals surface area contributed by atoms with Crippen LogP contribution in [0.25, 0.3) is 21.9 Å². The lowest BCUT2D eigenvalue weighted by Gasteiger charge is -2.21. The van der Waals surface area contributed by atoms with Crippen LogP contribution in [0.3, 0.4) is 0 Å². The number of aromatic hydroxyl groups is 7. The zero-order chi connectivity index (χ0) is 102. The lowest BCUT2D eigenvalue weighted by atomic mass is 9.85. The molecule has 8 N–H and O–H groups in total. The van der Waals surface area contributed by atoms with Gasteiger partial charge in [-0.1, -0.05) is 238 Å². The number of nitro groups is 1. The molecule has 0 saturated heterocycles. The molecule has 3 aliphatic rings. The number of rotatable bonds is 20. The van der Waals surface area contributed by atoms with E-state index in [9.17, 15) is 50.7 Å². The van der Waals surface area contributed by atoms with Crippen molar-refractivity contribution in [3.63, 3.8) is 0 Å². The average molecular weight is 1910 g/mol. The third-order valence-electron chi connectivity index (χ3n) is 23.3. The fourth-order valence-electron chi connectivity index (χ4n) is 15.6. The molecule has 23 heteroatoms. The summed E-state index contributed by atoms with van der Waals surface area (Å²) in [5, 5.41) is 94.7. The molecule has 0 unspecified atom stereocenters. The first-order chi connectivity index (χ1) is 69.1. The number of nitro benzene ring substituents is 1. The molecule has 2 aliphatic carbocycles. The van der Waals surface area contributed by atoms with Crippen molar-refractivity contribution in [2.24, 2.45) is 34.9 Å². The second-order valence-corrected chi connectivity index (χ2v) is 35.5. The maximum absolute atomic E-state index is 11.1. The van der Waals surface area contributed by atoms with Gasteiger partial charge >= 0.3 is 0 Å². The summed E-state index contributed by atoms with van der Waals surface area (Å²) >= 11 is 0. The van der Waals surface area contributed by atoms with Crippen LogP contribution in [0.1, 0.15) is 184 Å². The van der Waals surface area contributed by atoms with Gasteiger partial charge in [0, 0.05) is 136 Å². The zero-order valence-electron chi connectivity index (χ0n) is 81.5. The van der Waals surface area contributed by atoms with Crippen molar-refractivity contribution in [1.29, 1.82) is 5.26 Å². The number of carbonyl (C=O) groups is 1. The van der Waals surface area contributed by atoms with Gasteiger partial charge in [-0.15, -0.1) is 0 Å². The predicted octanol–water partition coefficient (Wildman–Crippen LogP) is 28.7. The number of benzene rings is 15. The number of methoxy groups -OCH3 is 1. The van der Waals surface area contributed by atoms with Crippen molar-refractivity contribution in [2.75, 3.05) is 19.2 Å². The van der Waals surface area contributed by atoms with Gasteiger partial charge in [0.1, 0.15) is 46.0 Å². The number of carbonyl (C=O) groups excluding carboxylic acids is 1. The van der Waals surface area contributed by atoms with E-state index in [2.05, 4.69) is 105 Å². The van der Waals surface area contributed by atoms with Crippen molar-refractivity contribution < 1.29 is 59.7 Å². The van der Waals surface area contributed by atoms with Crippen LogP contribution in [-0.4, -0.2) is 110 Å². The summed E-state index contributed by atoms with van der Waals surface area (Å²) in [6.45, 7) is 16.0. The highest BCUT2D eigenvalue weighted by atomic mass is 16.7. The number of aliphatic imine (C=N–C) groups is 7. The molecule has 15 aromatic carbocycles. The maximum Gasteiger partial charge on any atom is 0.270 e. The van der Waals surface area contributed by atoms with Crippen molar-refractivity contribution in [3.05, 3.63) is 404 Å². The molecule has 726 valence electrons. The molecule has 0 spiro atoms. The minimum Gasteiger partial charge on any atom is -0.507 e. The number of anilines is 1. The van der Waals surface area contributed by atoms with E-state index in [1.54, 1.807) is 86.7 Å². The number of ether oxygens (including phenoxy) is 3. The second kappa shape index (κ2) is 52.4. The first kappa shape index (κ1) is 105. The van der Waals surface area contributed by atoms with Crippen LogP contribution in [-0.2, 0) is 23.1 Å². The normalized spacial score (nSPS) is 12.7. The smallest absolute Gasteiger partial charge is 0.270 e. The van der Waals surface area contributed by atoms with Crippen LogP contribution in [0.5, 0.6) is 57.5 Å². The molecule has 1 fully saturated rings. The van der Waals surface area contributed by atoms with Gasteiger partial charge in [-0.05, 0) is 222 Å². The van der Waals surface area contributed by atoms with E-state index in [-0.39, 0.29) is 47.1 Å². The second-order valence-electron chi connectivity index (χ2n) is 35.5. The Morgan fingerprint density at radius 1 is 0.455 bits per heavy atom. The van der Waals surface area contributed by atoms with Gasteiger partial charge in [-0.25, -0.2) is 0 Å². The Morgan fingerprint density at radius 3 is 1.48 bits per heavy atom. The minimum absolute atomic E-state index is 0.0257. The number of hydrogen-bond donors (Lipinski definition) is 8. The highest BCUT2D eigenvalue weighted by molar-refractivity contribution is 5.98. The Labute approximate surface area is 834 Å². The van der Waals surface area contributed by atoms with E-state index in [1.807, 2.05) is 233 Å². The summed E-state index contributed by atoms with van der Waals surface area (Å²) in [6.07, 6.45) is 22.4. The number of amides is 1. The van der Waals surface area contributed by atoms with Gasteiger partial charge in [0.25, 0.3) is 5.69 Å². The van der Waals surface area contributed by atoms with Crippen molar-refractivity contribution in [2.45, 2.75) is 136 Å². The number of para-hydroxylation sites is 6. The topological polar surface area (TPSA) is 352 Å². The lowest BCUT2D eigenvalue weighted by molar-refractivity contribution is -0.385. The van der Waals surface area contributed by atoms with Gasteiger partial charge in [0.15, 0.2) is 11.5 Å². The Morgan fingerprint density at radius 2 is 0.930 bits per heavy atom. The molecular formula is C120H118N10O13. The standard InChI is InChI=1S/C23H21NO.C20H25NO2.C17H18N2O3.C17H19NO.C15H14N2O2.C14H10N2O.C14H11NO3/c25-23-15-19-11-5-4-10-18(19)14-20(23)16-24-22-13-7-6-12-21(22)17-8-2-1-3-9-17;1-13(2)17-7-6-8-18(14(3)4)20(17)21-12-15-11-16(23-5)9-10-19(15)22;1-17(2,3)15-10-14(19(21)22)9-12(16(15)20)11-18-13-7-5-4-6-8-13;19-17-14(12-18-15-7-2-1-3-8-15)11-10-13-6-4-5-9-16(13)17;1-11(18)17-14-7-8-15(19)12(9-14)10-16-13-5-3-2-4-6-13;15-9-11-6-7-14(17)12(8-11)10-16-13-4-2-1-3-5-13;16-12-7-14-13(17-9-18-14)6-10(12)8-15-11-4-2-1-3-5-11/h1-3,6-9,12-16,25H,4-5,10-11H2;6-14,22H,1-5H3;4-11,20H,1-3H3;4-6,9-12,15,19H,1-3,7-8H2;2-10,19H,1H3,(H,17,18);1-8,10,17H;1-8,16H,9H2. The van der Waals surface area contributed by atoms with Crippen molar-refractivity contribution in [3.8, 4) is 74.7 Å². The Kier molecular flexibility index (Phi) is 38.3. The third-order valence-corrected chi connectivity index (χ3v) is 23.3. The van der Waals surface area contributed by atoms with Crippen LogP contribution < -0.4 is 19.5 Å². The Balaban J connectivity index is 0.000000149. The molecule has 0 atom stereocenters. The number of fused-ring (bicyclic) bond motifs is 3. The largest absolute Gasteiger partial charge is 0.507 e. The number of nitrogens with zero attached hydrogens (tertiary/aromatic N) is 9. The number of non-ortho nitro benzene ring substituents is 1. The van der Waals surface area contributed by atoms with Gasteiger partial charge in [-0.2, -0.15) is 5.26 Å². The van der Waals surface area contributed by atoms with Gasteiger partial charge in [-0.3, -0.25) is 49.9 Å². The van der Waals surface area contributed by atoms with Gasteiger partial charge in [0.2, 0.25) is 12.7 Å². The van der Waals surface area contributed by atoms with Gasteiger partial charge in [0.05, 0.1) is 57.8 Å². The quantitative estimate of drug-likeness (QED) is 0.0152. The first-order valence-electron chi connectivity index (χ1n) is 47.3. The number of phenols is 7. The predicted molar refractivity (Wildman–Crippen MR) is 578 cm³/mol. The SMILES string of the molecule is CC(=O)Nc1ccc(O)c(C=Nc2ccccc2)c1.CC(C)(C)c1cc([N+](=O)[O-])cc(C=Nc2ccccc2)c1O.COc1ccc(O)c(C=Nc2c(C(C)C)cccc2C(C)C)c1.N#Cc1ccc(O)c(C=Nc2ccccc2)c1.Oc1c(C=NC2CCCCC2)ccc2ccccc12.Oc1cc2c(cc1C=Nc1ccccc1)OCO2.Oc1cc2c(cc1C=Nc1ccccc1-c1ccccc1)CCCC2. The Hall–Kier alpha value is -17.4. The number of phenolic OH excluding ortho intramolecular Hbond substituents is 7. The van der Waals surface area contributed by atoms with Crippen LogP contribution >= 0.6 is 0 Å². The van der Waals surface area contributed by atoms with Crippen molar-refractivity contribution in [1.82, 2.24) is 0 Å². The van der Waals surface area contributed by atoms with Crippen LogP contribution in [0, 0.1) is 21.4 Å².